The van der Waals surface area contributed by atoms with Crippen LogP contribution in [0.3, 0.4) is 0 Å². The zero-order valence-electron chi connectivity index (χ0n) is 17.0. The lowest BCUT2D eigenvalue weighted by atomic mass is 10.0. The summed E-state index contributed by atoms with van der Waals surface area (Å²) in [7, 11) is 1.99. The minimum absolute atomic E-state index is 0.238. The largest absolute Gasteiger partial charge is 0.478 e. The normalized spacial score (nSPS) is 13.0. The summed E-state index contributed by atoms with van der Waals surface area (Å²) >= 11 is 0. The van der Waals surface area contributed by atoms with Crippen molar-refractivity contribution in [3.05, 3.63) is 66.8 Å². The number of aromatic nitrogens is 3. The number of hydrogen-bond acceptors (Lipinski definition) is 6. The molecule has 0 bridgehead atoms. The highest BCUT2D eigenvalue weighted by Gasteiger charge is 2.28. The fourth-order valence-electron chi connectivity index (χ4n) is 3.86. The maximum absolute atomic E-state index is 14.3. The third-order valence-electron chi connectivity index (χ3n) is 5.31. The molecule has 3 aromatic heterocycles. The van der Waals surface area contributed by atoms with Gasteiger partial charge in [-0.15, -0.1) is 0 Å². The van der Waals surface area contributed by atoms with Crippen LogP contribution in [-0.4, -0.2) is 35.3 Å². The highest BCUT2D eigenvalue weighted by Crippen LogP contribution is 2.44. The van der Waals surface area contributed by atoms with Crippen LogP contribution in [0, 0.1) is 11.9 Å². The van der Waals surface area contributed by atoms with Gasteiger partial charge in [0.2, 0.25) is 17.8 Å². The molecule has 156 valence electrons. The summed E-state index contributed by atoms with van der Waals surface area (Å²) in [5.41, 5.74) is 4.43. The Morgan fingerprint density at radius 1 is 1.03 bits per heavy atom. The van der Waals surface area contributed by atoms with Crippen molar-refractivity contribution in [3.8, 4) is 17.0 Å². The SMILES string of the molecule is CCOc1ccc(N2CN(C)c3cnc4ccc(-c5ccc(F)nc5F)cc4c32)cn1. The second-order valence-corrected chi connectivity index (χ2v) is 7.25. The van der Waals surface area contributed by atoms with E-state index >= 15 is 0 Å². The number of anilines is 3. The Balaban J connectivity index is 1.65. The maximum atomic E-state index is 14.3. The summed E-state index contributed by atoms with van der Waals surface area (Å²) in [6.45, 7) is 3.08. The standard InChI is InChI=1S/C23H19F2N5O/c1-3-31-21-9-5-15(11-27-21)30-13-29(2)19-12-26-18-7-4-14(10-17(18)22(19)30)16-6-8-20(24)28-23(16)25/h4-12H,3,13H2,1-2H3. The summed E-state index contributed by atoms with van der Waals surface area (Å²) in [5, 5.41) is 0.858. The van der Waals surface area contributed by atoms with Gasteiger partial charge in [0, 0.05) is 24.1 Å². The molecule has 31 heavy (non-hydrogen) atoms. The van der Waals surface area contributed by atoms with Crippen LogP contribution in [-0.2, 0) is 0 Å². The molecule has 0 saturated heterocycles. The van der Waals surface area contributed by atoms with Crippen LogP contribution in [0.25, 0.3) is 22.0 Å². The smallest absolute Gasteiger partial charge is 0.223 e. The first-order valence-corrected chi connectivity index (χ1v) is 9.88. The Morgan fingerprint density at radius 2 is 1.90 bits per heavy atom. The monoisotopic (exact) mass is 419 g/mol. The van der Waals surface area contributed by atoms with E-state index in [0.29, 0.717) is 24.7 Å². The van der Waals surface area contributed by atoms with Crippen molar-refractivity contribution in [2.75, 3.05) is 30.1 Å². The molecule has 0 N–H and O–H groups in total. The van der Waals surface area contributed by atoms with Crippen molar-refractivity contribution in [1.29, 1.82) is 0 Å². The van der Waals surface area contributed by atoms with E-state index in [9.17, 15) is 8.78 Å². The third-order valence-corrected chi connectivity index (χ3v) is 5.31. The van der Waals surface area contributed by atoms with Crippen LogP contribution in [0.5, 0.6) is 5.88 Å². The van der Waals surface area contributed by atoms with Gasteiger partial charge in [0.25, 0.3) is 0 Å². The van der Waals surface area contributed by atoms with Crippen molar-refractivity contribution in [2.45, 2.75) is 6.92 Å². The van der Waals surface area contributed by atoms with Gasteiger partial charge in [-0.1, -0.05) is 6.07 Å². The first kappa shape index (κ1) is 19.2. The zero-order chi connectivity index (χ0) is 21.5. The fourth-order valence-corrected chi connectivity index (χ4v) is 3.86. The van der Waals surface area contributed by atoms with E-state index in [2.05, 4.69) is 24.8 Å². The van der Waals surface area contributed by atoms with E-state index in [1.165, 1.54) is 6.07 Å². The highest BCUT2D eigenvalue weighted by molar-refractivity contribution is 6.04. The quantitative estimate of drug-likeness (QED) is 0.438. The van der Waals surface area contributed by atoms with E-state index in [1.807, 2.05) is 44.4 Å². The molecule has 0 fully saturated rings. The van der Waals surface area contributed by atoms with Gasteiger partial charge >= 0.3 is 0 Å². The van der Waals surface area contributed by atoms with Gasteiger partial charge in [0.05, 0.1) is 48.2 Å². The molecule has 5 rings (SSSR count). The first-order chi connectivity index (χ1) is 15.0. The van der Waals surface area contributed by atoms with E-state index in [0.717, 1.165) is 34.0 Å². The van der Waals surface area contributed by atoms with E-state index in [4.69, 9.17) is 4.74 Å². The van der Waals surface area contributed by atoms with Gasteiger partial charge in [-0.3, -0.25) is 4.98 Å². The van der Waals surface area contributed by atoms with E-state index < -0.39 is 11.9 Å². The second-order valence-electron chi connectivity index (χ2n) is 7.25. The molecular formula is C23H19F2N5O. The molecule has 1 aliphatic rings. The molecule has 1 aromatic carbocycles. The van der Waals surface area contributed by atoms with Crippen LogP contribution >= 0.6 is 0 Å². The van der Waals surface area contributed by atoms with Crippen LogP contribution in [0.1, 0.15) is 6.92 Å². The topological polar surface area (TPSA) is 54.4 Å². The van der Waals surface area contributed by atoms with Gasteiger partial charge in [-0.2, -0.15) is 13.8 Å². The van der Waals surface area contributed by atoms with Crippen molar-refractivity contribution in [1.82, 2.24) is 15.0 Å². The van der Waals surface area contributed by atoms with E-state index in [-0.39, 0.29) is 5.56 Å². The minimum atomic E-state index is -0.847. The molecule has 0 amide bonds. The number of nitrogens with zero attached hydrogens (tertiary/aromatic N) is 5. The number of rotatable bonds is 4. The number of benzene rings is 1. The highest BCUT2D eigenvalue weighted by atomic mass is 19.1. The summed E-state index contributed by atoms with van der Waals surface area (Å²) < 4.78 is 33.0. The lowest BCUT2D eigenvalue weighted by Gasteiger charge is -2.20. The lowest BCUT2D eigenvalue weighted by molar-refractivity contribution is 0.327. The molecule has 4 heterocycles. The Labute approximate surface area is 177 Å². The van der Waals surface area contributed by atoms with Crippen molar-refractivity contribution < 1.29 is 13.5 Å². The van der Waals surface area contributed by atoms with Gasteiger partial charge in [0.1, 0.15) is 0 Å². The van der Waals surface area contributed by atoms with E-state index in [1.54, 1.807) is 12.3 Å². The number of pyridine rings is 3. The Bertz CT molecular complexity index is 1280. The summed E-state index contributed by atoms with van der Waals surface area (Å²) in [4.78, 5) is 16.5. The maximum Gasteiger partial charge on any atom is 0.223 e. The molecule has 0 atom stereocenters. The predicted octanol–water partition coefficient (Wildman–Crippen LogP) is 4.91. The molecule has 6 nitrogen and oxygen atoms in total. The van der Waals surface area contributed by atoms with Crippen LogP contribution in [0.15, 0.2) is 54.9 Å². The summed E-state index contributed by atoms with van der Waals surface area (Å²) in [6, 6.07) is 11.8. The molecule has 4 aromatic rings. The average Bonchev–Trinajstić information content (AvgIpc) is 3.11. The molecular weight excluding hydrogens is 400 g/mol. The zero-order valence-corrected chi connectivity index (χ0v) is 17.0. The molecule has 8 heteroatoms. The summed E-state index contributed by atoms with van der Waals surface area (Å²) in [6.07, 6.45) is 3.60. The minimum Gasteiger partial charge on any atom is -0.478 e. The lowest BCUT2D eigenvalue weighted by Crippen LogP contribution is -2.24. The fraction of sp³-hybridized carbons (Fsp3) is 0.174. The number of halogens is 2. The predicted molar refractivity (Wildman–Crippen MR) is 116 cm³/mol. The van der Waals surface area contributed by atoms with Gasteiger partial charge < -0.3 is 14.5 Å². The number of fused-ring (bicyclic) bond motifs is 3. The second kappa shape index (κ2) is 7.46. The number of hydrogen-bond donors (Lipinski definition) is 0. The van der Waals surface area contributed by atoms with Crippen molar-refractivity contribution in [2.24, 2.45) is 0 Å². The summed E-state index contributed by atoms with van der Waals surface area (Å²) in [5.74, 6) is -1.12. The van der Waals surface area contributed by atoms with Crippen molar-refractivity contribution >= 4 is 28.0 Å². The molecule has 1 aliphatic heterocycles. The molecule has 0 spiro atoms. The third kappa shape index (κ3) is 3.30. The van der Waals surface area contributed by atoms with Crippen LogP contribution in [0.2, 0.25) is 0 Å². The molecule has 0 unspecified atom stereocenters. The van der Waals surface area contributed by atoms with Gasteiger partial charge in [-0.25, -0.2) is 4.98 Å². The molecule has 0 aliphatic carbocycles. The van der Waals surface area contributed by atoms with Gasteiger partial charge in [0.15, 0.2) is 0 Å². The Kier molecular flexibility index (Phi) is 4.62. The van der Waals surface area contributed by atoms with Gasteiger partial charge in [-0.05, 0) is 42.8 Å². The first-order valence-electron chi connectivity index (χ1n) is 9.88. The van der Waals surface area contributed by atoms with Crippen molar-refractivity contribution in [3.63, 3.8) is 0 Å². The Hall–Kier alpha value is -3.81. The van der Waals surface area contributed by atoms with Crippen LogP contribution in [0.4, 0.5) is 25.8 Å². The molecule has 0 saturated carbocycles. The average molecular weight is 419 g/mol. The van der Waals surface area contributed by atoms with Crippen LogP contribution < -0.4 is 14.5 Å². The molecule has 0 radical (unpaired) electrons. The number of ether oxygens (including phenoxy) is 1. The Morgan fingerprint density at radius 3 is 2.65 bits per heavy atom.